The highest BCUT2D eigenvalue weighted by molar-refractivity contribution is 7.46. The molecule has 208 valence electrons. The van der Waals surface area contributed by atoms with Crippen LogP contribution in [0, 0.1) is 18.8 Å². The summed E-state index contributed by atoms with van der Waals surface area (Å²) in [6.45, 7) is 8.63. The number of phosphoric acid groups is 1. The van der Waals surface area contributed by atoms with Crippen molar-refractivity contribution in [3.8, 4) is 5.75 Å². The Labute approximate surface area is 223 Å². The number of hydrogen-bond acceptors (Lipinski definition) is 8. The standard InChI is InChI=1S/C26H38N5O6P/c1-16-11-19(5-10-23(16)36-4)12-27-24-22(13-28-26(30-24)31-14-17(2)18(3)15-31)25(32)29-20-6-8-21(9-7-20)37-38(33,34)35/h5,10-11,13,17-18,20-21H,6-9,12,14-15H2,1-4H3,(H,29,32)(H,27,28,30)(H2,33,34,35). The second-order valence-corrected chi connectivity index (χ2v) is 11.7. The van der Waals surface area contributed by atoms with Gasteiger partial charge in [0, 0.05) is 31.9 Å². The summed E-state index contributed by atoms with van der Waals surface area (Å²) in [5.74, 6) is 2.66. The molecule has 2 fully saturated rings. The Morgan fingerprint density at radius 1 is 1.16 bits per heavy atom. The largest absolute Gasteiger partial charge is 0.496 e. The minimum absolute atomic E-state index is 0.129. The Kier molecular flexibility index (Phi) is 8.92. The van der Waals surface area contributed by atoms with Crippen molar-refractivity contribution < 1.29 is 28.4 Å². The summed E-state index contributed by atoms with van der Waals surface area (Å²) in [6, 6.07) is 5.81. The van der Waals surface area contributed by atoms with Gasteiger partial charge in [0.05, 0.1) is 13.2 Å². The number of amides is 1. The molecule has 1 aliphatic carbocycles. The average Bonchev–Trinajstić information content (AvgIpc) is 3.21. The minimum atomic E-state index is -4.52. The van der Waals surface area contributed by atoms with Crippen molar-refractivity contribution in [2.24, 2.45) is 11.8 Å². The number of rotatable bonds is 9. The third-order valence-electron chi connectivity index (χ3n) is 7.51. The molecule has 1 amide bonds. The number of anilines is 2. The molecule has 1 aromatic carbocycles. The molecule has 0 bridgehead atoms. The molecule has 1 aliphatic heterocycles. The van der Waals surface area contributed by atoms with Crippen molar-refractivity contribution >= 4 is 25.5 Å². The third kappa shape index (κ3) is 7.22. The van der Waals surface area contributed by atoms with Crippen LogP contribution in [-0.2, 0) is 15.6 Å². The van der Waals surface area contributed by atoms with Crippen LogP contribution in [0.25, 0.3) is 0 Å². The average molecular weight is 548 g/mol. The van der Waals surface area contributed by atoms with Crippen LogP contribution in [0.2, 0.25) is 0 Å². The number of ether oxygens (including phenoxy) is 1. The number of nitrogens with one attached hydrogen (secondary N) is 2. The van der Waals surface area contributed by atoms with E-state index in [1.807, 2.05) is 25.1 Å². The van der Waals surface area contributed by atoms with E-state index in [2.05, 4.69) is 34.4 Å². The first-order chi connectivity index (χ1) is 18.0. The highest BCUT2D eigenvalue weighted by Crippen LogP contribution is 2.41. The van der Waals surface area contributed by atoms with Gasteiger partial charge in [-0.1, -0.05) is 26.0 Å². The number of carbonyl (C=O) groups is 1. The van der Waals surface area contributed by atoms with E-state index in [0.29, 0.717) is 61.4 Å². The molecule has 2 aliphatic rings. The predicted molar refractivity (Wildman–Crippen MR) is 144 cm³/mol. The Morgan fingerprint density at radius 2 is 1.84 bits per heavy atom. The van der Waals surface area contributed by atoms with Crippen LogP contribution >= 0.6 is 7.82 Å². The Bertz CT molecular complexity index is 1170. The van der Waals surface area contributed by atoms with E-state index < -0.39 is 13.9 Å². The van der Waals surface area contributed by atoms with E-state index in [4.69, 9.17) is 24.0 Å². The number of methoxy groups -OCH3 is 1. The summed E-state index contributed by atoms with van der Waals surface area (Å²) in [7, 11) is -2.88. The van der Waals surface area contributed by atoms with E-state index >= 15 is 0 Å². The molecule has 1 saturated heterocycles. The lowest BCUT2D eigenvalue weighted by Crippen LogP contribution is -2.39. The molecule has 1 aromatic heterocycles. The van der Waals surface area contributed by atoms with Crippen molar-refractivity contribution in [3.63, 3.8) is 0 Å². The van der Waals surface area contributed by atoms with Crippen LogP contribution in [0.5, 0.6) is 5.75 Å². The zero-order valence-electron chi connectivity index (χ0n) is 22.4. The summed E-state index contributed by atoms with van der Waals surface area (Å²) in [6.07, 6.45) is 3.11. The molecule has 0 radical (unpaired) electrons. The summed E-state index contributed by atoms with van der Waals surface area (Å²) < 4.78 is 21.3. The number of carbonyl (C=O) groups excluding carboxylic acids is 1. The molecule has 2 unspecified atom stereocenters. The van der Waals surface area contributed by atoms with Crippen LogP contribution in [0.15, 0.2) is 24.4 Å². The van der Waals surface area contributed by atoms with Gasteiger partial charge in [-0.05, 0) is 61.6 Å². The monoisotopic (exact) mass is 547 g/mol. The van der Waals surface area contributed by atoms with Crippen molar-refractivity contribution in [2.75, 3.05) is 30.4 Å². The molecule has 4 N–H and O–H groups in total. The van der Waals surface area contributed by atoms with E-state index in [9.17, 15) is 9.36 Å². The topological polar surface area (TPSA) is 146 Å². The highest BCUT2D eigenvalue weighted by Gasteiger charge is 2.30. The first kappa shape index (κ1) is 28.3. The Hall–Kier alpha value is -2.72. The van der Waals surface area contributed by atoms with Gasteiger partial charge in [-0.3, -0.25) is 9.32 Å². The van der Waals surface area contributed by atoms with Crippen LogP contribution in [0.4, 0.5) is 11.8 Å². The van der Waals surface area contributed by atoms with E-state index in [0.717, 1.165) is 30.0 Å². The summed E-state index contributed by atoms with van der Waals surface area (Å²) in [5.41, 5.74) is 2.40. The maximum absolute atomic E-state index is 13.3. The zero-order chi connectivity index (χ0) is 27.4. The van der Waals surface area contributed by atoms with Crippen LogP contribution in [-0.4, -0.2) is 58.0 Å². The lowest BCUT2D eigenvalue weighted by Gasteiger charge is -2.29. The van der Waals surface area contributed by atoms with Gasteiger partial charge in [0.2, 0.25) is 5.95 Å². The maximum Gasteiger partial charge on any atom is 0.469 e. The molecule has 0 spiro atoms. The Morgan fingerprint density at radius 3 is 2.45 bits per heavy atom. The molecule has 2 heterocycles. The van der Waals surface area contributed by atoms with Crippen LogP contribution in [0.1, 0.15) is 61.0 Å². The third-order valence-corrected chi connectivity index (χ3v) is 8.08. The van der Waals surface area contributed by atoms with Gasteiger partial charge in [-0.15, -0.1) is 0 Å². The number of aryl methyl sites for hydroxylation is 1. The molecule has 38 heavy (non-hydrogen) atoms. The van der Waals surface area contributed by atoms with Gasteiger partial charge >= 0.3 is 7.82 Å². The normalized spacial score (nSPS) is 23.8. The van der Waals surface area contributed by atoms with Crippen molar-refractivity contribution in [3.05, 3.63) is 41.1 Å². The zero-order valence-corrected chi connectivity index (χ0v) is 23.3. The number of aromatic nitrogens is 2. The van der Waals surface area contributed by atoms with E-state index in [1.165, 1.54) is 0 Å². The highest BCUT2D eigenvalue weighted by atomic mass is 31.2. The minimum Gasteiger partial charge on any atom is -0.496 e. The van der Waals surface area contributed by atoms with Gasteiger partial charge < -0.3 is 30.1 Å². The fourth-order valence-electron chi connectivity index (χ4n) is 5.12. The molecule has 2 aromatic rings. The van der Waals surface area contributed by atoms with Gasteiger partial charge in [-0.2, -0.15) is 4.98 Å². The van der Waals surface area contributed by atoms with E-state index in [-0.39, 0.29) is 11.9 Å². The molecule has 2 atom stereocenters. The molecular formula is C26H38N5O6P. The van der Waals surface area contributed by atoms with Crippen molar-refractivity contribution in [2.45, 2.75) is 65.1 Å². The lowest BCUT2D eigenvalue weighted by atomic mass is 9.93. The molecular weight excluding hydrogens is 509 g/mol. The number of hydrogen-bond donors (Lipinski definition) is 4. The Balaban J connectivity index is 1.48. The van der Waals surface area contributed by atoms with E-state index in [1.54, 1.807) is 13.3 Å². The van der Waals surface area contributed by atoms with Gasteiger partial charge in [0.1, 0.15) is 17.1 Å². The second-order valence-electron chi connectivity index (χ2n) is 10.5. The quantitative estimate of drug-likeness (QED) is 0.343. The summed E-state index contributed by atoms with van der Waals surface area (Å²) >= 11 is 0. The van der Waals surface area contributed by atoms with Gasteiger partial charge in [-0.25, -0.2) is 9.55 Å². The number of benzene rings is 1. The fourth-order valence-corrected chi connectivity index (χ4v) is 5.72. The first-order valence-electron chi connectivity index (χ1n) is 13.1. The predicted octanol–water partition coefficient (Wildman–Crippen LogP) is 3.65. The van der Waals surface area contributed by atoms with Gasteiger partial charge in [0.15, 0.2) is 0 Å². The molecule has 1 saturated carbocycles. The lowest BCUT2D eigenvalue weighted by molar-refractivity contribution is 0.0820. The summed E-state index contributed by atoms with van der Waals surface area (Å²) in [5, 5.41) is 6.39. The SMILES string of the molecule is COc1ccc(CNc2nc(N3CC(C)C(C)C3)ncc2C(=O)NC2CCC(OP(=O)(O)O)CC2)cc1C. The van der Waals surface area contributed by atoms with Gasteiger partial charge in [0.25, 0.3) is 5.91 Å². The first-order valence-corrected chi connectivity index (χ1v) is 14.6. The van der Waals surface area contributed by atoms with Crippen LogP contribution in [0.3, 0.4) is 0 Å². The van der Waals surface area contributed by atoms with Crippen molar-refractivity contribution in [1.29, 1.82) is 0 Å². The second kappa shape index (κ2) is 12.0. The fraction of sp³-hybridized carbons (Fsp3) is 0.577. The smallest absolute Gasteiger partial charge is 0.469 e. The summed E-state index contributed by atoms with van der Waals surface area (Å²) in [4.78, 5) is 42.9. The van der Waals surface area contributed by atoms with Crippen molar-refractivity contribution in [1.82, 2.24) is 15.3 Å². The van der Waals surface area contributed by atoms with Crippen LogP contribution < -0.4 is 20.3 Å². The molecule has 11 nitrogen and oxygen atoms in total. The molecule has 4 rings (SSSR count). The maximum atomic E-state index is 13.3. The number of phosphoric ester groups is 1. The molecule has 12 heteroatoms. The number of nitrogens with zero attached hydrogens (tertiary/aromatic N) is 3.